The van der Waals surface area contributed by atoms with Crippen LogP contribution in [0.2, 0.25) is 0 Å². The molecule has 6 nitrogen and oxygen atoms in total. The van der Waals surface area contributed by atoms with E-state index in [-0.39, 0.29) is 5.54 Å². The first-order valence-corrected chi connectivity index (χ1v) is 10.3. The van der Waals surface area contributed by atoms with E-state index in [1.807, 2.05) is 26.1 Å². The molecule has 2 rings (SSSR count). The quantitative estimate of drug-likeness (QED) is 0.500. The van der Waals surface area contributed by atoms with Gasteiger partial charge in [0.1, 0.15) is 11.6 Å². The van der Waals surface area contributed by atoms with E-state index in [1.54, 1.807) is 20.3 Å². The predicted molar refractivity (Wildman–Crippen MR) is 126 cm³/mol. The highest BCUT2D eigenvalue weighted by atomic mass is 16.5. The Morgan fingerprint density at radius 2 is 1.97 bits per heavy atom. The van der Waals surface area contributed by atoms with Crippen LogP contribution in [0.5, 0.6) is 0 Å². The van der Waals surface area contributed by atoms with Gasteiger partial charge in [-0.05, 0) is 63.9 Å². The van der Waals surface area contributed by atoms with Crippen LogP contribution in [-0.4, -0.2) is 45.4 Å². The summed E-state index contributed by atoms with van der Waals surface area (Å²) in [6, 6.07) is 4.05. The number of rotatable bonds is 7. The number of nitrogens with zero attached hydrogens (tertiary/aromatic N) is 2. The molecule has 0 spiro atoms. The van der Waals surface area contributed by atoms with Gasteiger partial charge in [0.2, 0.25) is 0 Å². The van der Waals surface area contributed by atoms with Crippen LogP contribution in [0.25, 0.3) is 5.57 Å². The molecule has 1 aliphatic rings. The van der Waals surface area contributed by atoms with Crippen LogP contribution in [0.3, 0.4) is 0 Å². The molecule has 0 bridgehead atoms. The van der Waals surface area contributed by atoms with Crippen molar-refractivity contribution in [2.75, 3.05) is 45.1 Å². The molecule has 1 atom stereocenters. The van der Waals surface area contributed by atoms with E-state index in [4.69, 9.17) is 14.5 Å². The number of pyridine rings is 1. The summed E-state index contributed by atoms with van der Waals surface area (Å²) in [6.45, 7) is 13.5. The summed E-state index contributed by atoms with van der Waals surface area (Å²) in [6.07, 6.45) is 6.68. The number of allylic oxidation sites excluding steroid dienone is 2. The topological polar surface area (TPSA) is 58.7 Å². The Bertz CT molecular complexity index is 844. The molecule has 30 heavy (non-hydrogen) atoms. The minimum absolute atomic E-state index is 0.0396. The highest BCUT2D eigenvalue weighted by molar-refractivity contribution is 5.75. The van der Waals surface area contributed by atoms with Crippen molar-refractivity contribution in [1.29, 1.82) is 0 Å². The Hall–Kier alpha value is -2.73. The van der Waals surface area contributed by atoms with E-state index < -0.39 is 0 Å². The van der Waals surface area contributed by atoms with Crippen molar-refractivity contribution in [3.63, 3.8) is 0 Å². The second-order valence-corrected chi connectivity index (χ2v) is 7.90. The average molecular weight is 413 g/mol. The van der Waals surface area contributed by atoms with Crippen molar-refractivity contribution in [2.45, 2.75) is 38.6 Å². The molecule has 1 aromatic heterocycles. The van der Waals surface area contributed by atoms with Crippen molar-refractivity contribution in [3.05, 3.63) is 60.2 Å². The van der Waals surface area contributed by atoms with Gasteiger partial charge in [-0.2, -0.15) is 0 Å². The summed E-state index contributed by atoms with van der Waals surface area (Å²) in [5.74, 6) is 2.89. The number of aromatic nitrogens is 1. The van der Waals surface area contributed by atoms with Crippen LogP contribution >= 0.6 is 0 Å². The molecule has 2 heterocycles. The number of anilines is 2. The third-order valence-corrected chi connectivity index (χ3v) is 5.59. The maximum Gasteiger partial charge on any atom is 0.162 e. The maximum atomic E-state index is 5.42. The molecule has 2 N–H and O–H groups in total. The zero-order valence-electron chi connectivity index (χ0n) is 19.3. The Balaban J connectivity index is 2.31. The van der Waals surface area contributed by atoms with Gasteiger partial charge in [0.15, 0.2) is 11.5 Å². The molecule has 1 aliphatic heterocycles. The number of fused-ring (bicyclic) bond motifs is 1. The molecule has 6 heteroatoms. The van der Waals surface area contributed by atoms with Gasteiger partial charge in [0, 0.05) is 36.5 Å². The smallest absolute Gasteiger partial charge is 0.162 e. The number of hydrogen-bond acceptors (Lipinski definition) is 6. The minimum Gasteiger partial charge on any atom is -0.493 e. The van der Waals surface area contributed by atoms with Crippen LogP contribution in [0, 0.1) is 0 Å². The molecule has 1 unspecified atom stereocenters. The first-order chi connectivity index (χ1) is 14.3. The molecule has 0 amide bonds. The summed E-state index contributed by atoms with van der Waals surface area (Å²) in [7, 11) is 7.32. The minimum atomic E-state index is 0.0396. The standard InChI is InChI=1S/C24H36N4O2/c1-9-20(29-7)21(30-8)15-18(3)26-22-12-11-19-17(2)16-24(4,25-5)13-10-14-28(6)23(19)27-22/h9,11-12,15,25H,2-3,10,13-14,16H2,1,4-8H3,(H,26,27)/b20-9+,21-15+. The van der Waals surface area contributed by atoms with Crippen molar-refractivity contribution in [3.8, 4) is 0 Å². The zero-order valence-corrected chi connectivity index (χ0v) is 19.3. The molecule has 0 fully saturated rings. The third-order valence-electron chi connectivity index (χ3n) is 5.59. The van der Waals surface area contributed by atoms with E-state index in [2.05, 4.69) is 48.7 Å². The van der Waals surface area contributed by atoms with E-state index in [0.29, 0.717) is 17.2 Å². The molecule has 0 saturated heterocycles. The summed E-state index contributed by atoms with van der Waals surface area (Å²) in [4.78, 5) is 7.08. The number of nitrogens with one attached hydrogen (secondary N) is 2. The normalized spacial score (nSPS) is 20.6. The molecule has 0 radical (unpaired) electrons. The number of ether oxygens (including phenoxy) is 2. The molecule has 0 saturated carbocycles. The largest absolute Gasteiger partial charge is 0.493 e. The molecule has 1 aromatic rings. The highest BCUT2D eigenvalue weighted by Gasteiger charge is 2.27. The summed E-state index contributed by atoms with van der Waals surface area (Å²) in [5.41, 5.74) is 2.87. The number of methoxy groups -OCH3 is 2. The second kappa shape index (κ2) is 10.3. The van der Waals surface area contributed by atoms with E-state index in [1.165, 1.54) is 0 Å². The third kappa shape index (κ3) is 5.66. The van der Waals surface area contributed by atoms with E-state index >= 15 is 0 Å². The van der Waals surface area contributed by atoms with Crippen molar-refractivity contribution < 1.29 is 9.47 Å². The maximum absolute atomic E-state index is 5.42. The zero-order chi connectivity index (χ0) is 22.3. The average Bonchev–Trinajstić information content (AvgIpc) is 2.77. The van der Waals surface area contributed by atoms with Gasteiger partial charge in [0.25, 0.3) is 0 Å². The SMILES string of the molecule is C=C(/C=C(OC)\C(=C/C)OC)Nc1ccc2c(n1)N(C)CCCC(C)(NC)CC2=C. The van der Waals surface area contributed by atoms with Gasteiger partial charge in [-0.3, -0.25) is 0 Å². The molecule has 0 aromatic carbocycles. The van der Waals surface area contributed by atoms with E-state index in [9.17, 15) is 0 Å². The first kappa shape index (κ1) is 23.5. The van der Waals surface area contributed by atoms with Crippen LogP contribution in [0.4, 0.5) is 11.6 Å². The fourth-order valence-electron chi connectivity index (χ4n) is 3.72. The van der Waals surface area contributed by atoms with Gasteiger partial charge < -0.3 is 25.0 Å². The highest BCUT2D eigenvalue weighted by Crippen LogP contribution is 2.34. The lowest BCUT2D eigenvalue weighted by Crippen LogP contribution is -2.40. The van der Waals surface area contributed by atoms with Crippen LogP contribution in [0.1, 0.15) is 38.7 Å². The van der Waals surface area contributed by atoms with Crippen LogP contribution in [0.15, 0.2) is 54.7 Å². The van der Waals surface area contributed by atoms with Crippen LogP contribution < -0.4 is 15.5 Å². The van der Waals surface area contributed by atoms with Gasteiger partial charge in [0.05, 0.1) is 14.2 Å². The first-order valence-electron chi connectivity index (χ1n) is 10.3. The Kier molecular flexibility index (Phi) is 8.12. The second-order valence-electron chi connectivity index (χ2n) is 7.90. The summed E-state index contributed by atoms with van der Waals surface area (Å²) >= 11 is 0. The fraction of sp³-hybridized carbons (Fsp3) is 0.458. The fourth-order valence-corrected chi connectivity index (χ4v) is 3.72. The lowest BCUT2D eigenvalue weighted by molar-refractivity contribution is 0.219. The number of hydrogen-bond donors (Lipinski definition) is 2. The molecular weight excluding hydrogens is 376 g/mol. The molecule has 164 valence electrons. The lowest BCUT2D eigenvalue weighted by atomic mass is 9.87. The Labute approximate surface area is 181 Å². The molecular formula is C24H36N4O2. The summed E-state index contributed by atoms with van der Waals surface area (Å²) < 4.78 is 10.7. The Morgan fingerprint density at radius 3 is 2.57 bits per heavy atom. The lowest BCUT2D eigenvalue weighted by Gasteiger charge is -2.29. The van der Waals surface area contributed by atoms with Gasteiger partial charge in [-0.1, -0.05) is 13.2 Å². The Morgan fingerprint density at radius 1 is 1.27 bits per heavy atom. The summed E-state index contributed by atoms with van der Waals surface area (Å²) in [5, 5.41) is 6.74. The predicted octanol–water partition coefficient (Wildman–Crippen LogP) is 4.70. The monoisotopic (exact) mass is 412 g/mol. The van der Waals surface area contributed by atoms with Gasteiger partial charge in [-0.15, -0.1) is 0 Å². The molecule has 0 aliphatic carbocycles. The van der Waals surface area contributed by atoms with Crippen LogP contribution in [-0.2, 0) is 9.47 Å². The van der Waals surface area contributed by atoms with Crippen molar-refractivity contribution in [2.24, 2.45) is 0 Å². The van der Waals surface area contributed by atoms with Crippen molar-refractivity contribution >= 4 is 17.2 Å². The van der Waals surface area contributed by atoms with Gasteiger partial charge in [-0.25, -0.2) is 4.98 Å². The van der Waals surface area contributed by atoms with Crippen molar-refractivity contribution in [1.82, 2.24) is 10.3 Å². The van der Waals surface area contributed by atoms with Gasteiger partial charge >= 0.3 is 0 Å². The van der Waals surface area contributed by atoms with E-state index in [0.717, 1.165) is 48.6 Å².